The Bertz CT molecular complexity index is 902. The third-order valence-corrected chi connectivity index (χ3v) is 4.45. The van der Waals surface area contributed by atoms with Crippen LogP contribution in [0.2, 0.25) is 5.02 Å². The summed E-state index contributed by atoms with van der Waals surface area (Å²) in [7, 11) is 0. The molecule has 6 heteroatoms. The van der Waals surface area contributed by atoms with E-state index in [-0.39, 0.29) is 5.56 Å². The van der Waals surface area contributed by atoms with Crippen LogP contribution in [0.15, 0.2) is 54.6 Å². The number of rotatable bonds is 6. The van der Waals surface area contributed by atoms with E-state index in [1.807, 2.05) is 37.3 Å². The molecule has 0 aliphatic rings. The van der Waals surface area contributed by atoms with Gasteiger partial charge in [0.25, 0.3) is 0 Å². The van der Waals surface area contributed by atoms with Crippen molar-refractivity contribution in [3.8, 4) is 22.5 Å². The fourth-order valence-corrected chi connectivity index (χ4v) is 2.79. The van der Waals surface area contributed by atoms with Crippen molar-refractivity contribution in [1.29, 1.82) is 0 Å². The number of nitrogens with zero attached hydrogens (tertiary/aromatic N) is 2. The topological polar surface area (TPSA) is 75.3 Å². The summed E-state index contributed by atoms with van der Waals surface area (Å²) in [6.07, 6.45) is 0.130. The number of halogens is 1. The van der Waals surface area contributed by atoms with Crippen molar-refractivity contribution in [3.63, 3.8) is 0 Å². The van der Waals surface area contributed by atoms with E-state index in [0.717, 1.165) is 22.5 Å². The smallest absolute Gasteiger partial charge is 0.335 e. The van der Waals surface area contributed by atoms with E-state index >= 15 is 0 Å². The molecule has 0 fully saturated rings. The van der Waals surface area contributed by atoms with E-state index in [0.29, 0.717) is 18.0 Å². The van der Waals surface area contributed by atoms with Crippen LogP contribution in [-0.2, 0) is 6.54 Å². The normalized spacial score (nSPS) is 12.1. The first-order valence-corrected chi connectivity index (χ1v) is 8.71. The molecule has 0 aliphatic carbocycles. The number of aliphatic hydroxyl groups excluding tert-OH is 1. The van der Waals surface area contributed by atoms with E-state index in [9.17, 15) is 9.90 Å². The molecule has 0 amide bonds. The Morgan fingerprint density at radius 2 is 1.73 bits per heavy atom. The summed E-state index contributed by atoms with van der Waals surface area (Å²) in [4.78, 5) is 11.0. The van der Waals surface area contributed by atoms with E-state index in [4.69, 9.17) is 16.7 Å². The van der Waals surface area contributed by atoms with E-state index < -0.39 is 12.1 Å². The molecular formula is C20H19ClN2O3. The van der Waals surface area contributed by atoms with Crippen LogP contribution in [0.1, 0.15) is 23.7 Å². The highest BCUT2D eigenvalue weighted by atomic mass is 35.5. The summed E-state index contributed by atoms with van der Waals surface area (Å²) in [6, 6.07) is 15.9. The van der Waals surface area contributed by atoms with Crippen molar-refractivity contribution >= 4 is 17.6 Å². The molecule has 0 spiro atoms. The Kier molecular flexibility index (Phi) is 5.40. The van der Waals surface area contributed by atoms with Crippen LogP contribution < -0.4 is 0 Å². The van der Waals surface area contributed by atoms with Crippen LogP contribution in [0.5, 0.6) is 0 Å². The standard InChI is InChI=1S/C20H19ClN2O3/c1-2-17(24)12-23-19(14-7-9-16(21)10-8-14)11-18(22-23)13-3-5-15(6-4-13)20(25)26/h3-11,17,24H,2,12H2,1H3,(H,25,26). The summed E-state index contributed by atoms with van der Waals surface area (Å²) in [5, 5.41) is 24.4. The Morgan fingerprint density at radius 3 is 2.31 bits per heavy atom. The molecule has 3 rings (SSSR count). The molecule has 0 saturated carbocycles. The van der Waals surface area contributed by atoms with Gasteiger partial charge in [-0.05, 0) is 42.3 Å². The first kappa shape index (κ1) is 18.2. The SMILES string of the molecule is CCC(O)Cn1nc(-c2ccc(C(=O)O)cc2)cc1-c1ccc(Cl)cc1. The maximum Gasteiger partial charge on any atom is 0.335 e. The molecule has 2 aromatic carbocycles. The number of carbonyl (C=O) groups is 1. The summed E-state index contributed by atoms with van der Waals surface area (Å²) in [6.45, 7) is 2.29. The van der Waals surface area contributed by atoms with Gasteiger partial charge in [0.2, 0.25) is 0 Å². The largest absolute Gasteiger partial charge is 0.478 e. The maximum absolute atomic E-state index is 11.0. The zero-order chi connectivity index (χ0) is 18.7. The average molecular weight is 371 g/mol. The van der Waals surface area contributed by atoms with Crippen molar-refractivity contribution in [3.05, 3.63) is 65.2 Å². The first-order chi connectivity index (χ1) is 12.5. The predicted molar refractivity (Wildman–Crippen MR) is 101 cm³/mol. The van der Waals surface area contributed by atoms with Gasteiger partial charge in [0.15, 0.2) is 0 Å². The molecule has 0 radical (unpaired) electrons. The highest BCUT2D eigenvalue weighted by Gasteiger charge is 2.14. The van der Waals surface area contributed by atoms with Crippen LogP contribution in [0.3, 0.4) is 0 Å². The van der Waals surface area contributed by atoms with Crippen molar-refractivity contribution < 1.29 is 15.0 Å². The fraction of sp³-hybridized carbons (Fsp3) is 0.200. The third kappa shape index (κ3) is 3.95. The zero-order valence-corrected chi connectivity index (χ0v) is 15.0. The van der Waals surface area contributed by atoms with Crippen molar-refractivity contribution in [2.45, 2.75) is 26.0 Å². The van der Waals surface area contributed by atoms with E-state index in [1.165, 1.54) is 0 Å². The summed E-state index contributed by atoms with van der Waals surface area (Å²) >= 11 is 5.98. The van der Waals surface area contributed by atoms with Crippen LogP contribution in [-0.4, -0.2) is 32.1 Å². The summed E-state index contributed by atoms with van der Waals surface area (Å²) in [5.74, 6) is -0.963. The number of carboxylic acid groups (broad SMARTS) is 1. The Hall–Kier alpha value is -2.63. The second-order valence-corrected chi connectivity index (χ2v) is 6.48. The molecule has 0 bridgehead atoms. The molecule has 0 aliphatic heterocycles. The first-order valence-electron chi connectivity index (χ1n) is 8.33. The number of carboxylic acids is 1. The number of hydrogen-bond donors (Lipinski definition) is 2. The lowest BCUT2D eigenvalue weighted by molar-refractivity contribution is 0.0697. The Balaban J connectivity index is 2.02. The average Bonchev–Trinajstić information content (AvgIpc) is 3.06. The van der Waals surface area contributed by atoms with Crippen LogP contribution in [0.25, 0.3) is 22.5 Å². The van der Waals surface area contributed by atoms with Crippen LogP contribution >= 0.6 is 11.6 Å². The molecule has 1 unspecified atom stereocenters. The van der Waals surface area contributed by atoms with Gasteiger partial charge in [-0.2, -0.15) is 5.10 Å². The van der Waals surface area contributed by atoms with Gasteiger partial charge in [-0.15, -0.1) is 0 Å². The maximum atomic E-state index is 11.0. The monoisotopic (exact) mass is 370 g/mol. The number of hydrogen-bond acceptors (Lipinski definition) is 3. The minimum atomic E-state index is -0.963. The lowest BCUT2D eigenvalue weighted by Gasteiger charge is -2.11. The lowest BCUT2D eigenvalue weighted by atomic mass is 10.1. The van der Waals surface area contributed by atoms with Gasteiger partial charge in [-0.3, -0.25) is 4.68 Å². The highest BCUT2D eigenvalue weighted by molar-refractivity contribution is 6.30. The van der Waals surface area contributed by atoms with Gasteiger partial charge in [0, 0.05) is 10.6 Å². The molecule has 134 valence electrons. The van der Waals surface area contributed by atoms with Crippen molar-refractivity contribution in [2.75, 3.05) is 0 Å². The number of aromatic nitrogens is 2. The van der Waals surface area contributed by atoms with Gasteiger partial charge >= 0.3 is 5.97 Å². The van der Waals surface area contributed by atoms with Crippen LogP contribution in [0, 0.1) is 0 Å². The van der Waals surface area contributed by atoms with Gasteiger partial charge in [0.05, 0.1) is 29.6 Å². The lowest BCUT2D eigenvalue weighted by Crippen LogP contribution is -2.16. The second kappa shape index (κ2) is 7.72. The molecule has 1 atom stereocenters. The molecule has 3 aromatic rings. The molecule has 26 heavy (non-hydrogen) atoms. The van der Waals surface area contributed by atoms with Crippen molar-refractivity contribution in [1.82, 2.24) is 9.78 Å². The van der Waals surface area contributed by atoms with Gasteiger partial charge in [-0.25, -0.2) is 4.79 Å². The Morgan fingerprint density at radius 1 is 1.12 bits per heavy atom. The molecule has 0 saturated heterocycles. The predicted octanol–water partition coefficient (Wildman–Crippen LogP) is 4.34. The molecule has 5 nitrogen and oxygen atoms in total. The van der Waals surface area contributed by atoms with Gasteiger partial charge < -0.3 is 10.2 Å². The zero-order valence-electron chi connectivity index (χ0n) is 14.3. The van der Waals surface area contributed by atoms with E-state index in [2.05, 4.69) is 5.10 Å². The van der Waals surface area contributed by atoms with Crippen molar-refractivity contribution in [2.24, 2.45) is 0 Å². The number of aromatic carboxylic acids is 1. The highest BCUT2D eigenvalue weighted by Crippen LogP contribution is 2.28. The second-order valence-electron chi connectivity index (χ2n) is 6.05. The summed E-state index contributed by atoms with van der Waals surface area (Å²) in [5.41, 5.74) is 3.57. The minimum Gasteiger partial charge on any atom is -0.478 e. The van der Waals surface area contributed by atoms with Gasteiger partial charge in [-0.1, -0.05) is 42.8 Å². The molecule has 2 N–H and O–H groups in total. The summed E-state index contributed by atoms with van der Waals surface area (Å²) < 4.78 is 1.78. The molecule has 1 heterocycles. The quantitative estimate of drug-likeness (QED) is 0.676. The number of aliphatic hydroxyl groups is 1. The fourth-order valence-electron chi connectivity index (χ4n) is 2.66. The third-order valence-electron chi connectivity index (χ3n) is 4.20. The Labute approximate surface area is 156 Å². The minimum absolute atomic E-state index is 0.229. The van der Waals surface area contributed by atoms with Gasteiger partial charge in [0.1, 0.15) is 0 Å². The molecular weight excluding hydrogens is 352 g/mol. The van der Waals surface area contributed by atoms with E-state index in [1.54, 1.807) is 28.9 Å². The van der Waals surface area contributed by atoms with Crippen LogP contribution in [0.4, 0.5) is 0 Å². The molecule has 1 aromatic heterocycles. The number of benzene rings is 2.